The smallest absolute Gasteiger partial charge is 0.408 e. The van der Waals surface area contributed by atoms with Gasteiger partial charge < -0.3 is 9.84 Å². The second-order valence-corrected chi connectivity index (χ2v) is 5.85. The van der Waals surface area contributed by atoms with Crippen molar-refractivity contribution in [3.8, 4) is 5.75 Å². The van der Waals surface area contributed by atoms with Gasteiger partial charge in [0.1, 0.15) is 5.75 Å². The second-order valence-electron chi connectivity index (χ2n) is 5.85. The minimum Gasteiger partial charge on any atom is -0.491 e. The molecule has 19 heavy (non-hydrogen) atoms. The Morgan fingerprint density at radius 3 is 2.16 bits per heavy atom. The molecule has 0 saturated heterocycles. The molecule has 4 heteroatoms. The van der Waals surface area contributed by atoms with Crippen molar-refractivity contribution in [2.45, 2.75) is 52.8 Å². The first-order valence-electron chi connectivity index (χ1n) is 6.46. The zero-order valence-corrected chi connectivity index (χ0v) is 12.3. The molecule has 0 aromatic heterocycles. The van der Waals surface area contributed by atoms with Crippen LogP contribution in [0.4, 0.5) is 4.79 Å². The van der Waals surface area contributed by atoms with Gasteiger partial charge in [0, 0.05) is 12.1 Å². The molecule has 0 atom stereocenters. The number of ether oxygens (including phenoxy) is 1. The third-order valence-corrected chi connectivity index (χ3v) is 2.68. The summed E-state index contributed by atoms with van der Waals surface area (Å²) in [6.07, 6.45) is -0.772. The molecule has 0 saturated carbocycles. The fourth-order valence-electron chi connectivity index (χ4n) is 1.72. The summed E-state index contributed by atoms with van der Waals surface area (Å²) in [5.74, 6) is 0.802. The fourth-order valence-corrected chi connectivity index (χ4v) is 1.72. The molecule has 1 amide bonds. The van der Waals surface area contributed by atoms with E-state index in [2.05, 4.69) is 0 Å². The second kappa shape index (κ2) is 5.95. The number of hydrogen-bond acceptors (Lipinski definition) is 2. The van der Waals surface area contributed by atoms with Crippen LogP contribution in [0.15, 0.2) is 24.3 Å². The van der Waals surface area contributed by atoms with Gasteiger partial charge >= 0.3 is 6.09 Å². The van der Waals surface area contributed by atoms with Crippen LogP contribution >= 0.6 is 0 Å². The third-order valence-electron chi connectivity index (χ3n) is 2.68. The number of nitrogens with zero attached hydrogens (tertiary/aromatic N) is 1. The molecule has 0 aliphatic rings. The minimum absolute atomic E-state index is 0.135. The Balaban J connectivity index is 2.78. The molecule has 0 aliphatic carbocycles. The van der Waals surface area contributed by atoms with E-state index in [0.29, 0.717) is 6.54 Å². The summed E-state index contributed by atoms with van der Waals surface area (Å²) in [6.45, 7) is 9.98. The molecule has 0 bridgehead atoms. The van der Waals surface area contributed by atoms with Gasteiger partial charge in [0.15, 0.2) is 0 Å². The molecule has 4 nitrogen and oxygen atoms in total. The molecule has 0 radical (unpaired) electrons. The Bertz CT molecular complexity index is 418. The number of hydrogen-bond donors (Lipinski definition) is 1. The first kappa shape index (κ1) is 15.3. The van der Waals surface area contributed by atoms with Gasteiger partial charge in [-0.05, 0) is 52.3 Å². The average Bonchev–Trinajstić information content (AvgIpc) is 2.25. The topological polar surface area (TPSA) is 49.8 Å². The lowest BCUT2D eigenvalue weighted by atomic mass is 10.1. The predicted molar refractivity (Wildman–Crippen MR) is 75.5 cm³/mol. The predicted octanol–water partition coefficient (Wildman–Crippen LogP) is 3.75. The Morgan fingerprint density at radius 2 is 1.79 bits per heavy atom. The summed E-state index contributed by atoms with van der Waals surface area (Å²) in [7, 11) is 0. The van der Waals surface area contributed by atoms with Gasteiger partial charge in [-0.2, -0.15) is 0 Å². The molecule has 1 N–H and O–H groups in total. The largest absolute Gasteiger partial charge is 0.491 e. The van der Waals surface area contributed by atoms with Gasteiger partial charge in [0.05, 0.1) is 6.10 Å². The Labute approximate surface area is 115 Å². The number of carbonyl (C=O) groups is 1. The molecule has 1 rings (SSSR count). The minimum atomic E-state index is -0.907. The van der Waals surface area contributed by atoms with Crippen LogP contribution in [0.1, 0.15) is 40.2 Å². The summed E-state index contributed by atoms with van der Waals surface area (Å²) < 4.78 is 5.56. The van der Waals surface area contributed by atoms with Crippen molar-refractivity contribution in [2.24, 2.45) is 0 Å². The maximum Gasteiger partial charge on any atom is 0.408 e. The Kier molecular flexibility index (Phi) is 4.81. The lowest BCUT2D eigenvalue weighted by molar-refractivity contribution is 0.0955. The van der Waals surface area contributed by atoms with E-state index >= 15 is 0 Å². The first-order chi connectivity index (χ1) is 8.70. The number of amides is 1. The average molecular weight is 265 g/mol. The van der Waals surface area contributed by atoms with Gasteiger partial charge in [-0.15, -0.1) is 0 Å². The summed E-state index contributed by atoms with van der Waals surface area (Å²) in [5.41, 5.74) is 0.535. The third kappa shape index (κ3) is 4.81. The molecule has 0 fully saturated rings. The Hall–Kier alpha value is -1.71. The highest BCUT2D eigenvalue weighted by atomic mass is 16.5. The zero-order valence-electron chi connectivity index (χ0n) is 12.3. The van der Waals surface area contributed by atoms with Crippen molar-refractivity contribution >= 4 is 6.09 Å². The van der Waals surface area contributed by atoms with Crippen molar-refractivity contribution < 1.29 is 14.6 Å². The van der Waals surface area contributed by atoms with E-state index in [4.69, 9.17) is 4.74 Å². The van der Waals surface area contributed by atoms with E-state index in [1.54, 1.807) is 0 Å². The maximum atomic E-state index is 11.3. The van der Waals surface area contributed by atoms with E-state index in [1.807, 2.05) is 58.9 Å². The molecule has 106 valence electrons. The molecule has 1 aromatic carbocycles. The van der Waals surface area contributed by atoms with Gasteiger partial charge in [0.25, 0.3) is 0 Å². The van der Waals surface area contributed by atoms with Gasteiger partial charge in [0.2, 0.25) is 0 Å². The summed E-state index contributed by atoms with van der Waals surface area (Å²) in [6, 6.07) is 7.55. The quantitative estimate of drug-likeness (QED) is 0.902. The number of rotatable bonds is 4. The van der Waals surface area contributed by atoms with E-state index in [0.717, 1.165) is 11.3 Å². The van der Waals surface area contributed by atoms with Gasteiger partial charge in [-0.3, -0.25) is 4.90 Å². The van der Waals surface area contributed by atoms with E-state index < -0.39 is 11.6 Å². The number of carboxylic acid groups (broad SMARTS) is 1. The molecular weight excluding hydrogens is 242 g/mol. The van der Waals surface area contributed by atoms with Crippen molar-refractivity contribution in [2.75, 3.05) is 0 Å². The van der Waals surface area contributed by atoms with Crippen LogP contribution in [0.5, 0.6) is 5.75 Å². The molecule has 0 heterocycles. The lowest BCUT2D eigenvalue weighted by Gasteiger charge is -2.33. The normalized spacial score (nSPS) is 11.5. The van der Waals surface area contributed by atoms with E-state index in [1.165, 1.54) is 4.90 Å². The summed E-state index contributed by atoms with van der Waals surface area (Å²) in [4.78, 5) is 12.7. The highest BCUT2D eigenvalue weighted by Crippen LogP contribution is 2.20. The van der Waals surface area contributed by atoms with Gasteiger partial charge in [-0.1, -0.05) is 12.1 Å². The fraction of sp³-hybridized carbons (Fsp3) is 0.533. The highest BCUT2D eigenvalue weighted by Gasteiger charge is 2.25. The molecular formula is C15H23NO3. The van der Waals surface area contributed by atoms with Crippen LogP contribution in [0.25, 0.3) is 0 Å². The van der Waals surface area contributed by atoms with Crippen LogP contribution in [0, 0.1) is 0 Å². The number of benzene rings is 1. The SMILES string of the molecule is CC(C)Oc1ccc(CN(C(=O)O)C(C)(C)C)cc1. The van der Waals surface area contributed by atoms with E-state index in [9.17, 15) is 9.90 Å². The van der Waals surface area contributed by atoms with E-state index in [-0.39, 0.29) is 6.10 Å². The van der Waals surface area contributed by atoms with Crippen LogP contribution in [0.3, 0.4) is 0 Å². The molecule has 1 aromatic rings. The van der Waals surface area contributed by atoms with Crippen LogP contribution in [-0.4, -0.2) is 27.7 Å². The molecule has 0 spiro atoms. The van der Waals surface area contributed by atoms with Crippen molar-refractivity contribution in [1.29, 1.82) is 0 Å². The summed E-state index contributed by atoms with van der Waals surface area (Å²) >= 11 is 0. The standard InChI is InChI=1S/C15H23NO3/c1-11(2)19-13-8-6-12(7-9-13)10-16(14(17)18)15(3,4)5/h6-9,11H,10H2,1-5H3,(H,17,18). The van der Waals surface area contributed by atoms with Gasteiger partial charge in [-0.25, -0.2) is 4.79 Å². The lowest BCUT2D eigenvalue weighted by Crippen LogP contribution is -2.44. The van der Waals surface area contributed by atoms with Crippen LogP contribution < -0.4 is 4.74 Å². The Morgan fingerprint density at radius 1 is 1.26 bits per heavy atom. The van der Waals surface area contributed by atoms with Crippen LogP contribution in [0.2, 0.25) is 0 Å². The monoisotopic (exact) mass is 265 g/mol. The molecule has 0 aliphatic heterocycles. The van der Waals surface area contributed by atoms with Crippen molar-refractivity contribution in [3.63, 3.8) is 0 Å². The van der Waals surface area contributed by atoms with Crippen LogP contribution in [-0.2, 0) is 6.54 Å². The van der Waals surface area contributed by atoms with Crippen molar-refractivity contribution in [1.82, 2.24) is 4.90 Å². The maximum absolute atomic E-state index is 11.3. The first-order valence-corrected chi connectivity index (χ1v) is 6.46. The molecule has 0 unspecified atom stereocenters. The highest BCUT2D eigenvalue weighted by molar-refractivity contribution is 5.66. The summed E-state index contributed by atoms with van der Waals surface area (Å²) in [5, 5.41) is 9.24. The zero-order chi connectivity index (χ0) is 14.6. The van der Waals surface area contributed by atoms with Crippen molar-refractivity contribution in [3.05, 3.63) is 29.8 Å².